The highest BCUT2D eigenvalue weighted by atomic mass is 16.3. The number of hydrogen-bond donors (Lipinski definition) is 2. The summed E-state index contributed by atoms with van der Waals surface area (Å²) in [5.74, 6) is 1.74. The number of nitrogens with zero attached hydrogens (tertiary/aromatic N) is 1. The van der Waals surface area contributed by atoms with Gasteiger partial charge in [0.1, 0.15) is 17.2 Å². The molecule has 2 rings (SSSR count). The Labute approximate surface area is 106 Å². The summed E-state index contributed by atoms with van der Waals surface area (Å²) in [6.07, 6.45) is 3.22. The number of hydrogen-bond acceptors (Lipinski definition) is 3. The van der Waals surface area contributed by atoms with E-state index in [0.29, 0.717) is 5.69 Å². The van der Waals surface area contributed by atoms with Crippen LogP contribution < -0.4 is 5.32 Å². The van der Waals surface area contributed by atoms with Crippen LogP contribution in [0.5, 0.6) is 0 Å². The van der Waals surface area contributed by atoms with Crippen LogP contribution in [0.1, 0.15) is 35.4 Å². The molecule has 1 amide bonds. The number of amides is 1. The van der Waals surface area contributed by atoms with E-state index in [0.717, 1.165) is 24.4 Å². The lowest BCUT2D eigenvalue weighted by Crippen LogP contribution is -2.33. The Kier molecular flexibility index (Phi) is 3.82. The Hall–Kier alpha value is -2.04. The first-order valence-corrected chi connectivity index (χ1v) is 6.00. The normalized spacial score (nSPS) is 12.3. The van der Waals surface area contributed by atoms with Crippen LogP contribution in [0.3, 0.4) is 0 Å². The zero-order chi connectivity index (χ0) is 13.0. The van der Waals surface area contributed by atoms with Gasteiger partial charge in [0.15, 0.2) is 0 Å². The van der Waals surface area contributed by atoms with Crippen LogP contribution in [0.2, 0.25) is 0 Å². The monoisotopic (exact) mass is 247 g/mol. The van der Waals surface area contributed by atoms with Crippen molar-refractivity contribution in [1.29, 1.82) is 0 Å². The van der Waals surface area contributed by atoms with Gasteiger partial charge < -0.3 is 9.73 Å². The third kappa shape index (κ3) is 3.23. The van der Waals surface area contributed by atoms with Crippen molar-refractivity contribution in [2.75, 3.05) is 0 Å². The Balaban J connectivity index is 1.78. The average molecular weight is 247 g/mol. The predicted molar refractivity (Wildman–Crippen MR) is 67.3 cm³/mol. The second-order valence-corrected chi connectivity index (χ2v) is 4.40. The molecule has 2 N–H and O–H groups in total. The van der Waals surface area contributed by atoms with E-state index in [1.807, 2.05) is 26.0 Å². The van der Waals surface area contributed by atoms with Gasteiger partial charge in [0, 0.05) is 18.7 Å². The van der Waals surface area contributed by atoms with Gasteiger partial charge in [-0.15, -0.1) is 0 Å². The zero-order valence-corrected chi connectivity index (χ0v) is 10.6. The topological polar surface area (TPSA) is 70.9 Å². The first kappa shape index (κ1) is 12.4. The minimum absolute atomic E-state index is 0.0891. The summed E-state index contributed by atoms with van der Waals surface area (Å²) >= 11 is 0. The van der Waals surface area contributed by atoms with Gasteiger partial charge in [-0.1, -0.05) is 0 Å². The molecule has 0 unspecified atom stereocenters. The maximum absolute atomic E-state index is 11.7. The van der Waals surface area contributed by atoms with Crippen molar-refractivity contribution in [1.82, 2.24) is 15.5 Å². The van der Waals surface area contributed by atoms with Crippen molar-refractivity contribution in [3.8, 4) is 0 Å². The van der Waals surface area contributed by atoms with Gasteiger partial charge >= 0.3 is 0 Å². The number of rotatable bonds is 5. The van der Waals surface area contributed by atoms with Crippen LogP contribution in [-0.2, 0) is 6.42 Å². The van der Waals surface area contributed by atoms with E-state index in [1.165, 1.54) is 0 Å². The van der Waals surface area contributed by atoms with Gasteiger partial charge in [-0.3, -0.25) is 9.89 Å². The molecule has 1 atom stereocenters. The highest BCUT2D eigenvalue weighted by Gasteiger charge is 2.11. The summed E-state index contributed by atoms with van der Waals surface area (Å²) < 4.78 is 5.48. The number of carbonyl (C=O) groups excluding carboxylic acids is 1. The van der Waals surface area contributed by atoms with Crippen LogP contribution in [0.25, 0.3) is 0 Å². The highest BCUT2D eigenvalue weighted by Crippen LogP contribution is 2.10. The predicted octanol–water partition coefficient (Wildman–Crippen LogP) is 2.06. The van der Waals surface area contributed by atoms with Crippen molar-refractivity contribution in [2.24, 2.45) is 0 Å². The quantitative estimate of drug-likeness (QED) is 0.849. The van der Waals surface area contributed by atoms with Gasteiger partial charge in [0.05, 0.1) is 0 Å². The van der Waals surface area contributed by atoms with Gasteiger partial charge in [-0.25, -0.2) is 0 Å². The third-order valence-electron chi connectivity index (χ3n) is 2.74. The molecule has 0 aliphatic carbocycles. The molecule has 0 aliphatic rings. The Bertz CT molecular complexity index is 502. The molecule has 0 aromatic carbocycles. The molecule has 0 radical (unpaired) electrons. The van der Waals surface area contributed by atoms with E-state index in [4.69, 9.17) is 4.42 Å². The number of carbonyl (C=O) groups is 1. The molecule has 5 nitrogen and oxygen atoms in total. The van der Waals surface area contributed by atoms with E-state index in [-0.39, 0.29) is 11.9 Å². The number of nitrogens with one attached hydrogen (secondary N) is 2. The summed E-state index contributed by atoms with van der Waals surface area (Å²) in [6, 6.07) is 5.66. The van der Waals surface area contributed by atoms with Crippen molar-refractivity contribution in [2.45, 2.75) is 32.7 Å². The maximum atomic E-state index is 11.7. The zero-order valence-electron chi connectivity index (χ0n) is 10.6. The van der Waals surface area contributed by atoms with Crippen LogP contribution >= 0.6 is 0 Å². The van der Waals surface area contributed by atoms with Crippen LogP contribution in [0.4, 0.5) is 0 Å². The number of aromatic amines is 1. The second kappa shape index (κ2) is 5.53. The fraction of sp³-hybridized carbons (Fsp3) is 0.385. The molecule has 0 saturated carbocycles. The molecule has 2 aromatic rings. The molecule has 0 fully saturated rings. The van der Waals surface area contributed by atoms with Gasteiger partial charge in [0.2, 0.25) is 0 Å². The summed E-state index contributed by atoms with van der Waals surface area (Å²) in [7, 11) is 0. The minimum Gasteiger partial charge on any atom is -0.466 e. The minimum atomic E-state index is -0.129. The van der Waals surface area contributed by atoms with E-state index >= 15 is 0 Å². The van der Waals surface area contributed by atoms with E-state index in [9.17, 15) is 4.79 Å². The lowest BCUT2D eigenvalue weighted by molar-refractivity contribution is 0.0933. The SMILES string of the molecule is Cc1ccc(CC[C@H](C)NC(=O)c2ccn[nH]2)o1. The summed E-state index contributed by atoms with van der Waals surface area (Å²) in [4.78, 5) is 11.7. The summed E-state index contributed by atoms with van der Waals surface area (Å²) in [5, 5.41) is 9.29. The lowest BCUT2D eigenvalue weighted by Gasteiger charge is -2.12. The fourth-order valence-corrected chi connectivity index (χ4v) is 1.73. The van der Waals surface area contributed by atoms with E-state index < -0.39 is 0 Å². The number of aryl methyl sites for hydroxylation is 2. The van der Waals surface area contributed by atoms with Crippen molar-refractivity contribution in [3.63, 3.8) is 0 Å². The first-order valence-electron chi connectivity index (χ1n) is 6.00. The lowest BCUT2D eigenvalue weighted by atomic mass is 10.1. The molecule has 2 aromatic heterocycles. The Morgan fingerprint density at radius 1 is 1.50 bits per heavy atom. The first-order chi connectivity index (χ1) is 8.65. The molecule has 0 aliphatic heterocycles. The molecule has 5 heteroatoms. The van der Waals surface area contributed by atoms with Crippen LogP contribution in [-0.4, -0.2) is 22.1 Å². The molecule has 0 saturated heterocycles. The largest absolute Gasteiger partial charge is 0.466 e. The van der Waals surface area contributed by atoms with E-state index in [2.05, 4.69) is 15.5 Å². The Morgan fingerprint density at radius 2 is 2.33 bits per heavy atom. The second-order valence-electron chi connectivity index (χ2n) is 4.40. The van der Waals surface area contributed by atoms with Crippen LogP contribution in [0, 0.1) is 6.92 Å². The smallest absolute Gasteiger partial charge is 0.269 e. The third-order valence-corrected chi connectivity index (χ3v) is 2.74. The molecule has 96 valence electrons. The van der Waals surface area contributed by atoms with Crippen molar-refractivity contribution in [3.05, 3.63) is 41.6 Å². The van der Waals surface area contributed by atoms with Crippen molar-refractivity contribution < 1.29 is 9.21 Å². The number of furan rings is 1. The summed E-state index contributed by atoms with van der Waals surface area (Å²) in [6.45, 7) is 3.90. The standard InChI is InChI=1S/C13H17N3O2/c1-9(3-5-11-6-4-10(2)18-11)15-13(17)12-7-8-14-16-12/h4,6-9H,3,5H2,1-2H3,(H,14,16)(H,15,17)/t9-/m0/s1. The van der Waals surface area contributed by atoms with Gasteiger partial charge in [-0.2, -0.15) is 5.10 Å². The highest BCUT2D eigenvalue weighted by molar-refractivity contribution is 5.92. The van der Waals surface area contributed by atoms with Crippen molar-refractivity contribution >= 4 is 5.91 Å². The molecule has 2 heterocycles. The summed E-state index contributed by atoms with van der Waals surface area (Å²) in [5.41, 5.74) is 0.482. The Morgan fingerprint density at radius 3 is 2.94 bits per heavy atom. The number of H-pyrrole nitrogens is 1. The maximum Gasteiger partial charge on any atom is 0.269 e. The number of aromatic nitrogens is 2. The van der Waals surface area contributed by atoms with Gasteiger partial charge in [0.25, 0.3) is 5.91 Å². The molecular formula is C13H17N3O2. The van der Waals surface area contributed by atoms with E-state index in [1.54, 1.807) is 12.3 Å². The average Bonchev–Trinajstić information content (AvgIpc) is 2.97. The van der Waals surface area contributed by atoms with Gasteiger partial charge in [-0.05, 0) is 38.5 Å². The van der Waals surface area contributed by atoms with Crippen LogP contribution in [0.15, 0.2) is 28.8 Å². The molecule has 18 heavy (non-hydrogen) atoms. The molecule has 0 spiro atoms. The molecule has 0 bridgehead atoms. The molecular weight excluding hydrogens is 230 g/mol. The fourth-order valence-electron chi connectivity index (χ4n) is 1.73.